The van der Waals surface area contributed by atoms with Crippen molar-refractivity contribution in [2.45, 2.75) is 25.2 Å². The maximum absolute atomic E-state index is 11.5. The lowest BCUT2D eigenvalue weighted by Crippen LogP contribution is -2.40. The molecular formula is C21H29N3O3S. The maximum atomic E-state index is 11.5. The first-order chi connectivity index (χ1) is 13.3. The van der Waals surface area contributed by atoms with Gasteiger partial charge in [0.2, 0.25) is 0 Å². The molecule has 28 heavy (non-hydrogen) atoms. The zero-order valence-electron chi connectivity index (χ0n) is 17.0. The van der Waals surface area contributed by atoms with Gasteiger partial charge in [0.05, 0.1) is 11.4 Å². The predicted octanol–water partition coefficient (Wildman–Crippen LogP) is 2.49. The number of hydrogen-bond donors (Lipinski definition) is 2. The van der Waals surface area contributed by atoms with E-state index in [0.717, 1.165) is 17.7 Å². The minimum absolute atomic E-state index is 0.338. The second-order valence-electron chi connectivity index (χ2n) is 6.76. The van der Waals surface area contributed by atoms with Crippen molar-refractivity contribution in [2.75, 3.05) is 33.0 Å². The number of rotatable bonds is 8. The molecule has 2 rings (SSSR count). The van der Waals surface area contributed by atoms with Crippen LogP contribution in [0.25, 0.3) is 0 Å². The summed E-state index contributed by atoms with van der Waals surface area (Å²) in [6.07, 6.45) is 1.98. The third-order valence-corrected chi connectivity index (χ3v) is 5.27. The largest absolute Gasteiger partial charge is 0.492 e. The highest BCUT2D eigenvalue weighted by molar-refractivity contribution is 7.90. The minimum Gasteiger partial charge on any atom is -0.492 e. The first-order valence-corrected chi connectivity index (χ1v) is 11.1. The quantitative estimate of drug-likeness (QED) is 0.402. The van der Waals surface area contributed by atoms with Crippen LogP contribution in [0.5, 0.6) is 5.75 Å². The van der Waals surface area contributed by atoms with Crippen molar-refractivity contribution >= 4 is 15.8 Å². The molecule has 2 aromatic carbocycles. The van der Waals surface area contributed by atoms with E-state index in [1.54, 1.807) is 19.2 Å². The Kier molecular flexibility index (Phi) is 7.87. The van der Waals surface area contributed by atoms with Crippen molar-refractivity contribution in [1.29, 1.82) is 0 Å². The number of aliphatic imine (C=N–C) groups is 1. The lowest BCUT2D eigenvalue weighted by atomic mass is 10.1. The van der Waals surface area contributed by atoms with E-state index in [0.29, 0.717) is 30.6 Å². The molecule has 0 aliphatic heterocycles. The summed E-state index contributed by atoms with van der Waals surface area (Å²) in [5, 5.41) is 6.46. The molecule has 2 aromatic rings. The number of ether oxygens (including phenoxy) is 1. The first-order valence-electron chi connectivity index (χ1n) is 9.22. The number of guanidine groups is 1. The minimum atomic E-state index is -3.15. The van der Waals surface area contributed by atoms with Crippen LogP contribution in [0.2, 0.25) is 0 Å². The van der Waals surface area contributed by atoms with Crippen LogP contribution >= 0.6 is 0 Å². The fourth-order valence-electron chi connectivity index (χ4n) is 2.80. The summed E-state index contributed by atoms with van der Waals surface area (Å²) in [7, 11) is -1.43. The molecule has 0 aliphatic carbocycles. The molecule has 0 fully saturated rings. The van der Waals surface area contributed by atoms with Crippen molar-refractivity contribution < 1.29 is 13.2 Å². The summed E-state index contributed by atoms with van der Waals surface area (Å²) in [5.74, 6) is 1.58. The highest BCUT2D eigenvalue weighted by atomic mass is 32.2. The van der Waals surface area contributed by atoms with Crippen molar-refractivity contribution in [3.8, 4) is 5.75 Å². The Morgan fingerprint density at radius 3 is 2.18 bits per heavy atom. The highest BCUT2D eigenvalue weighted by Crippen LogP contribution is 2.15. The summed E-state index contributed by atoms with van der Waals surface area (Å²) in [6.45, 7) is 5.97. The molecule has 7 heteroatoms. The van der Waals surface area contributed by atoms with Crippen LogP contribution in [0.4, 0.5) is 0 Å². The molecule has 0 bridgehead atoms. The second-order valence-corrected chi connectivity index (χ2v) is 8.78. The second kappa shape index (κ2) is 10.1. The topological polar surface area (TPSA) is 79.8 Å². The van der Waals surface area contributed by atoms with E-state index < -0.39 is 9.84 Å². The van der Waals surface area contributed by atoms with Gasteiger partial charge >= 0.3 is 0 Å². The van der Waals surface area contributed by atoms with Crippen LogP contribution in [-0.2, 0) is 16.3 Å². The van der Waals surface area contributed by atoms with Crippen LogP contribution < -0.4 is 15.4 Å². The third kappa shape index (κ3) is 7.23. The van der Waals surface area contributed by atoms with Gasteiger partial charge in [-0.2, -0.15) is 0 Å². The Hall–Kier alpha value is -2.54. The number of nitrogens with one attached hydrogen (secondary N) is 2. The molecule has 0 radical (unpaired) electrons. The smallest absolute Gasteiger partial charge is 0.191 e. The molecule has 0 atom stereocenters. The molecule has 152 valence electrons. The van der Waals surface area contributed by atoms with Gasteiger partial charge in [-0.1, -0.05) is 18.2 Å². The molecule has 0 amide bonds. The summed E-state index contributed by atoms with van der Waals surface area (Å²) in [6, 6.07) is 13.1. The average Bonchev–Trinajstić information content (AvgIpc) is 2.62. The molecule has 0 unspecified atom stereocenters. The van der Waals surface area contributed by atoms with Gasteiger partial charge < -0.3 is 15.4 Å². The molecule has 0 saturated carbocycles. The van der Waals surface area contributed by atoms with Gasteiger partial charge in [-0.3, -0.25) is 4.99 Å². The Balaban J connectivity index is 1.71. The molecule has 0 heterocycles. The van der Waals surface area contributed by atoms with Crippen LogP contribution in [0.1, 0.15) is 16.7 Å². The van der Waals surface area contributed by atoms with Gasteiger partial charge in [-0.15, -0.1) is 0 Å². The van der Waals surface area contributed by atoms with E-state index in [4.69, 9.17) is 4.74 Å². The van der Waals surface area contributed by atoms with Crippen molar-refractivity contribution in [2.24, 2.45) is 4.99 Å². The van der Waals surface area contributed by atoms with E-state index in [1.165, 1.54) is 17.4 Å². The van der Waals surface area contributed by atoms with Crippen molar-refractivity contribution in [3.63, 3.8) is 0 Å². The van der Waals surface area contributed by atoms with Gasteiger partial charge in [0.15, 0.2) is 15.8 Å². The SMILES string of the molecule is CN=C(NCCOc1cc(C)cc(C)c1)NCCc1ccc(S(C)(=O)=O)cc1. The average molecular weight is 404 g/mol. The van der Waals surface area contributed by atoms with E-state index in [-0.39, 0.29) is 0 Å². The standard InChI is InChI=1S/C21H29N3O3S/c1-16-13-17(2)15-19(14-16)27-12-11-24-21(22-3)23-10-9-18-5-7-20(8-6-18)28(4,25)26/h5-8,13-15H,9-12H2,1-4H3,(H2,22,23,24). The molecular weight excluding hydrogens is 374 g/mol. The lowest BCUT2D eigenvalue weighted by Gasteiger charge is -2.13. The molecule has 2 N–H and O–H groups in total. The van der Waals surface area contributed by atoms with E-state index >= 15 is 0 Å². The van der Waals surface area contributed by atoms with Crippen LogP contribution in [0.15, 0.2) is 52.4 Å². The van der Waals surface area contributed by atoms with Crippen molar-refractivity contribution in [1.82, 2.24) is 10.6 Å². The normalized spacial score (nSPS) is 11.9. The Morgan fingerprint density at radius 2 is 1.61 bits per heavy atom. The Morgan fingerprint density at radius 1 is 1.00 bits per heavy atom. The molecule has 0 spiro atoms. The number of benzene rings is 2. The van der Waals surface area contributed by atoms with Gasteiger partial charge in [0.1, 0.15) is 12.4 Å². The monoisotopic (exact) mass is 403 g/mol. The zero-order chi connectivity index (χ0) is 20.6. The Labute approximate surface area is 168 Å². The van der Waals surface area contributed by atoms with Crippen molar-refractivity contribution in [3.05, 3.63) is 59.2 Å². The zero-order valence-corrected chi connectivity index (χ0v) is 17.8. The highest BCUT2D eigenvalue weighted by Gasteiger charge is 2.06. The maximum Gasteiger partial charge on any atom is 0.191 e. The van der Waals surface area contributed by atoms with Gasteiger partial charge in [0, 0.05) is 19.8 Å². The van der Waals surface area contributed by atoms with Crippen LogP contribution in [0, 0.1) is 13.8 Å². The Bertz CT molecular complexity index is 887. The summed E-state index contributed by atoms with van der Waals surface area (Å²) < 4.78 is 28.8. The lowest BCUT2D eigenvalue weighted by molar-refractivity contribution is 0.321. The molecule has 6 nitrogen and oxygen atoms in total. The van der Waals surface area contributed by atoms with Crippen LogP contribution in [-0.4, -0.2) is 47.4 Å². The van der Waals surface area contributed by atoms with Gasteiger partial charge in [-0.25, -0.2) is 8.42 Å². The number of hydrogen-bond acceptors (Lipinski definition) is 4. The fraction of sp³-hybridized carbons (Fsp3) is 0.381. The molecule has 0 aromatic heterocycles. The van der Waals surface area contributed by atoms with Crippen LogP contribution in [0.3, 0.4) is 0 Å². The fourth-order valence-corrected chi connectivity index (χ4v) is 3.43. The number of nitrogens with zero attached hydrogens (tertiary/aromatic N) is 1. The van der Waals surface area contributed by atoms with E-state index in [1.807, 2.05) is 24.3 Å². The number of sulfone groups is 1. The summed E-state index contributed by atoms with van der Waals surface area (Å²) >= 11 is 0. The first kappa shape index (κ1) is 21.8. The summed E-state index contributed by atoms with van der Waals surface area (Å²) in [5.41, 5.74) is 3.43. The number of aryl methyl sites for hydroxylation is 2. The van der Waals surface area contributed by atoms with E-state index in [2.05, 4.69) is 35.5 Å². The summed E-state index contributed by atoms with van der Waals surface area (Å²) in [4.78, 5) is 4.54. The predicted molar refractivity (Wildman–Crippen MR) is 114 cm³/mol. The van der Waals surface area contributed by atoms with Gasteiger partial charge in [-0.05, 0) is 61.2 Å². The van der Waals surface area contributed by atoms with Gasteiger partial charge in [0.25, 0.3) is 0 Å². The molecule has 0 aliphatic rings. The van der Waals surface area contributed by atoms with E-state index in [9.17, 15) is 8.42 Å². The molecule has 0 saturated heterocycles. The third-order valence-electron chi connectivity index (χ3n) is 4.14.